The number of fused-ring (bicyclic) bond motifs is 2. The maximum atomic E-state index is 11.1. The largest absolute Gasteiger partial charge is 0.316 e. The second kappa shape index (κ2) is 2.38. The van der Waals surface area contributed by atoms with E-state index in [-0.39, 0.29) is 5.69 Å². The van der Waals surface area contributed by atoms with Crippen molar-refractivity contribution >= 4 is 22.6 Å². The predicted molar refractivity (Wildman–Crippen MR) is 46.2 cm³/mol. The number of hydrogen-bond acceptors (Lipinski definition) is 5. The molecule has 14 heavy (non-hydrogen) atoms. The van der Waals surface area contributed by atoms with Gasteiger partial charge in [0.05, 0.1) is 11.7 Å². The van der Waals surface area contributed by atoms with Gasteiger partial charge < -0.3 is 0 Å². The van der Waals surface area contributed by atoms with Crippen LogP contribution in [0.2, 0.25) is 0 Å². The molecule has 0 saturated heterocycles. The lowest BCUT2D eigenvalue weighted by Gasteiger charge is -1.96. The lowest BCUT2D eigenvalue weighted by Crippen LogP contribution is -1.95. The van der Waals surface area contributed by atoms with Gasteiger partial charge >= 0.3 is 5.91 Å². The highest BCUT2D eigenvalue weighted by molar-refractivity contribution is 6.02. The number of nitrogens with zero attached hydrogens (tertiary/aromatic N) is 5. The Kier molecular flexibility index (Phi) is 1.22. The molecular formula is C8H3N5O. The van der Waals surface area contributed by atoms with Gasteiger partial charge in [-0.15, -0.1) is 10.2 Å². The molecule has 0 aromatic carbocycles. The third-order valence-electron chi connectivity index (χ3n) is 1.92. The Balaban J connectivity index is 2.42. The van der Waals surface area contributed by atoms with Crippen molar-refractivity contribution in [1.29, 1.82) is 0 Å². The van der Waals surface area contributed by atoms with Crippen LogP contribution in [0.3, 0.4) is 0 Å². The van der Waals surface area contributed by atoms with Gasteiger partial charge in [0.2, 0.25) is 0 Å². The van der Waals surface area contributed by atoms with E-state index in [1.807, 2.05) is 0 Å². The standard InChI is InChI=1S/C8H3N5O/c14-8-7-5(12-13-8)1-4-6(11-7)2-9-3-10-4/h1-3H. The van der Waals surface area contributed by atoms with Crippen LogP contribution in [-0.4, -0.2) is 20.9 Å². The van der Waals surface area contributed by atoms with Crippen molar-refractivity contribution in [2.45, 2.75) is 0 Å². The van der Waals surface area contributed by atoms with Gasteiger partial charge in [-0.2, -0.15) is 0 Å². The molecule has 3 heterocycles. The molecule has 6 nitrogen and oxygen atoms in total. The molecule has 1 aliphatic rings. The van der Waals surface area contributed by atoms with E-state index in [0.717, 1.165) is 0 Å². The molecule has 0 saturated carbocycles. The van der Waals surface area contributed by atoms with Crippen LogP contribution in [-0.2, 0) is 0 Å². The van der Waals surface area contributed by atoms with Gasteiger partial charge in [0.25, 0.3) is 0 Å². The van der Waals surface area contributed by atoms with E-state index in [1.54, 1.807) is 12.3 Å². The van der Waals surface area contributed by atoms with Gasteiger partial charge in [-0.05, 0) is 6.07 Å². The first kappa shape index (κ1) is 7.19. The Labute approximate surface area is 77.7 Å². The maximum absolute atomic E-state index is 11.1. The zero-order valence-electron chi connectivity index (χ0n) is 6.88. The van der Waals surface area contributed by atoms with Crippen LogP contribution in [0, 0.1) is 0 Å². The minimum absolute atomic E-state index is 0.271. The molecule has 0 radical (unpaired) electrons. The fourth-order valence-corrected chi connectivity index (χ4v) is 1.28. The minimum atomic E-state index is -0.411. The lowest BCUT2D eigenvalue weighted by molar-refractivity contribution is 0.0998. The highest BCUT2D eigenvalue weighted by Crippen LogP contribution is 2.27. The first-order chi connectivity index (χ1) is 6.84. The second-order valence-corrected chi connectivity index (χ2v) is 2.79. The summed E-state index contributed by atoms with van der Waals surface area (Å²) in [7, 11) is 0. The summed E-state index contributed by atoms with van der Waals surface area (Å²) in [4.78, 5) is 23.0. The number of carbonyl (C=O) groups is 1. The van der Waals surface area contributed by atoms with E-state index in [9.17, 15) is 4.79 Å². The molecule has 0 fully saturated rings. The van der Waals surface area contributed by atoms with Crippen molar-refractivity contribution in [3.05, 3.63) is 24.3 Å². The van der Waals surface area contributed by atoms with Crippen LogP contribution < -0.4 is 0 Å². The molecule has 0 bridgehead atoms. The Morgan fingerprint density at radius 1 is 1.14 bits per heavy atom. The summed E-state index contributed by atoms with van der Waals surface area (Å²) in [5, 5.41) is 7.09. The first-order valence-corrected chi connectivity index (χ1v) is 3.91. The van der Waals surface area contributed by atoms with E-state index < -0.39 is 5.91 Å². The number of hydrogen-bond donors (Lipinski definition) is 0. The quantitative estimate of drug-likeness (QED) is 0.618. The number of azo groups is 1. The van der Waals surface area contributed by atoms with E-state index in [1.165, 1.54) is 6.33 Å². The molecule has 2 aromatic heterocycles. The molecule has 66 valence electrons. The molecule has 0 atom stereocenters. The van der Waals surface area contributed by atoms with E-state index in [0.29, 0.717) is 16.7 Å². The Morgan fingerprint density at radius 3 is 3.00 bits per heavy atom. The number of carbonyl (C=O) groups excluding carboxylic acids is 1. The van der Waals surface area contributed by atoms with Crippen molar-refractivity contribution in [2.75, 3.05) is 0 Å². The first-order valence-electron chi connectivity index (χ1n) is 3.91. The summed E-state index contributed by atoms with van der Waals surface area (Å²) >= 11 is 0. The average Bonchev–Trinajstić information content (AvgIpc) is 2.57. The molecule has 1 amide bonds. The molecule has 2 aromatic rings. The molecule has 6 heteroatoms. The van der Waals surface area contributed by atoms with Crippen LogP contribution in [0.15, 0.2) is 28.8 Å². The average molecular weight is 185 g/mol. The van der Waals surface area contributed by atoms with Crippen molar-refractivity contribution in [2.24, 2.45) is 10.2 Å². The second-order valence-electron chi connectivity index (χ2n) is 2.79. The lowest BCUT2D eigenvalue weighted by atomic mass is 10.2. The fourth-order valence-electron chi connectivity index (χ4n) is 1.28. The van der Waals surface area contributed by atoms with Gasteiger partial charge in [-0.25, -0.2) is 15.0 Å². The summed E-state index contributed by atoms with van der Waals surface area (Å²) in [6.07, 6.45) is 2.97. The van der Waals surface area contributed by atoms with E-state index in [2.05, 4.69) is 25.2 Å². The van der Waals surface area contributed by atoms with E-state index >= 15 is 0 Å². The van der Waals surface area contributed by atoms with Crippen molar-refractivity contribution < 1.29 is 4.79 Å². The summed E-state index contributed by atoms with van der Waals surface area (Å²) in [6.45, 7) is 0. The molecule has 0 unspecified atom stereocenters. The Morgan fingerprint density at radius 2 is 2.07 bits per heavy atom. The van der Waals surface area contributed by atoms with Gasteiger partial charge in [0.1, 0.15) is 17.5 Å². The van der Waals surface area contributed by atoms with Gasteiger partial charge in [0.15, 0.2) is 5.69 Å². The molecule has 0 spiro atoms. The van der Waals surface area contributed by atoms with E-state index in [4.69, 9.17) is 0 Å². The van der Waals surface area contributed by atoms with Crippen LogP contribution in [0.5, 0.6) is 0 Å². The molecule has 1 aliphatic heterocycles. The Bertz CT molecular complexity index is 577. The molecule has 0 aliphatic carbocycles. The number of rotatable bonds is 0. The monoisotopic (exact) mass is 185 g/mol. The summed E-state index contributed by atoms with van der Waals surface area (Å²) < 4.78 is 0. The van der Waals surface area contributed by atoms with Crippen LogP contribution in [0.4, 0.5) is 5.69 Å². The van der Waals surface area contributed by atoms with Crippen molar-refractivity contribution in [3.63, 3.8) is 0 Å². The van der Waals surface area contributed by atoms with Crippen molar-refractivity contribution in [3.8, 4) is 0 Å². The minimum Gasteiger partial charge on any atom is -0.263 e. The fraction of sp³-hybridized carbons (Fsp3) is 0. The van der Waals surface area contributed by atoms with Gasteiger partial charge in [-0.3, -0.25) is 4.79 Å². The SMILES string of the molecule is O=C1N=Nc2cc3ncncc3nc21. The van der Waals surface area contributed by atoms with Crippen LogP contribution in [0.25, 0.3) is 11.0 Å². The Hall–Kier alpha value is -2.24. The molecule has 0 N–H and O–H groups in total. The van der Waals surface area contributed by atoms with Crippen LogP contribution in [0.1, 0.15) is 10.5 Å². The zero-order valence-corrected chi connectivity index (χ0v) is 6.88. The topological polar surface area (TPSA) is 80.5 Å². The third kappa shape index (κ3) is 0.846. The molecule has 3 rings (SSSR count). The number of aromatic nitrogens is 3. The predicted octanol–water partition coefficient (Wildman–Crippen LogP) is 1.26. The highest BCUT2D eigenvalue weighted by Gasteiger charge is 2.19. The highest BCUT2D eigenvalue weighted by atomic mass is 16.2. The maximum Gasteiger partial charge on any atom is 0.316 e. The molecular weight excluding hydrogens is 182 g/mol. The van der Waals surface area contributed by atoms with Crippen LogP contribution >= 0.6 is 0 Å². The van der Waals surface area contributed by atoms with Gasteiger partial charge in [-0.1, -0.05) is 0 Å². The smallest absolute Gasteiger partial charge is 0.263 e. The van der Waals surface area contributed by atoms with Gasteiger partial charge in [0, 0.05) is 0 Å². The summed E-state index contributed by atoms with van der Waals surface area (Å²) in [5.74, 6) is -0.411. The summed E-state index contributed by atoms with van der Waals surface area (Å²) in [5.41, 5.74) is 1.98. The number of amides is 1. The van der Waals surface area contributed by atoms with Crippen molar-refractivity contribution in [1.82, 2.24) is 15.0 Å². The normalized spacial score (nSPS) is 13.6. The zero-order chi connectivity index (χ0) is 9.54. The third-order valence-corrected chi connectivity index (χ3v) is 1.92. The number of pyridine rings is 1. The summed E-state index contributed by atoms with van der Waals surface area (Å²) in [6, 6.07) is 1.67.